The van der Waals surface area contributed by atoms with Gasteiger partial charge in [0.25, 0.3) is 15.9 Å². The summed E-state index contributed by atoms with van der Waals surface area (Å²) >= 11 is 0. The van der Waals surface area contributed by atoms with Crippen molar-refractivity contribution >= 4 is 21.6 Å². The van der Waals surface area contributed by atoms with Gasteiger partial charge in [-0.3, -0.25) is 9.52 Å². The molecule has 0 saturated carbocycles. The lowest BCUT2D eigenvalue weighted by molar-refractivity contribution is 0.0948. The molecule has 7 heteroatoms. The van der Waals surface area contributed by atoms with Gasteiger partial charge in [0.15, 0.2) is 0 Å². The largest absolute Gasteiger partial charge is 0.492 e. The molecule has 29 heavy (non-hydrogen) atoms. The Hall–Kier alpha value is -3.32. The normalized spacial score (nSPS) is 10.9. The molecule has 0 spiro atoms. The summed E-state index contributed by atoms with van der Waals surface area (Å²) in [6.45, 7) is 2.56. The van der Waals surface area contributed by atoms with Crippen LogP contribution in [0.25, 0.3) is 0 Å². The number of benzene rings is 3. The number of amides is 1. The second-order valence-electron chi connectivity index (χ2n) is 6.39. The van der Waals surface area contributed by atoms with Gasteiger partial charge in [-0.05, 0) is 48.9 Å². The van der Waals surface area contributed by atoms with Crippen molar-refractivity contribution in [2.24, 2.45) is 0 Å². The fraction of sp³-hybridized carbons (Fsp3) is 0.136. The molecule has 0 unspecified atom stereocenters. The lowest BCUT2D eigenvalue weighted by Crippen LogP contribution is -2.29. The summed E-state index contributed by atoms with van der Waals surface area (Å²) in [6, 6.07) is 22.1. The maximum atomic E-state index is 12.6. The van der Waals surface area contributed by atoms with Crippen molar-refractivity contribution < 1.29 is 17.9 Å². The third kappa shape index (κ3) is 5.58. The molecular formula is C22H22N2O4S. The molecule has 0 radical (unpaired) electrons. The number of hydrogen-bond acceptors (Lipinski definition) is 4. The Morgan fingerprint density at radius 3 is 2.41 bits per heavy atom. The summed E-state index contributed by atoms with van der Waals surface area (Å²) in [4.78, 5) is 12.7. The monoisotopic (exact) mass is 410 g/mol. The van der Waals surface area contributed by atoms with Crippen molar-refractivity contribution in [3.05, 3.63) is 90.0 Å². The van der Waals surface area contributed by atoms with Gasteiger partial charge in [0.2, 0.25) is 0 Å². The second-order valence-corrected chi connectivity index (χ2v) is 8.07. The van der Waals surface area contributed by atoms with Crippen LogP contribution in [0.4, 0.5) is 5.69 Å². The van der Waals surface area contributed by atoms with E-state index in [0.717, 1.165) is 11.3 Å². The molecule has 3 aromatic rings. The van der Waals surface area contributed by atoms with Crippen molar-refractivity contribution in [2.45, 2.75) is 11.8 Å². The third-order valence-corrected chi connectivity index (χ3v) is 5.50. The van der Waals surface area contributed by atoms with E-state index in [1.807, 2.05) is 31.2 Å². The summed E-state index contributed by atoms with van der Waals surface area (Å²) in [6.07, 6.45) is 0. The van der Waals surface area contributed by atoms with Gasteiger partial charge in [0.05, 0.1) is 22.7 Å². The van der Waals surface area contributed by atoms with Crippen LogP contribution >= 0.6 is 0 Å². The van der Waals surface area contributed by atoms with E-state index in [1.165, 1.54) is 12.1 Å². The van der Waals surface area contributed by atoms with E-state index in [1.54, 1.807) is 42.5 Å². The number of hydrogen-bond donors (Lipinski definition) is 2. The zero-order valence-electron chi connectivity index (χ0n) is 16.0. The quantitative estimate of drug-likeness (QED) is 0.556. The fourth-order valence-corrected chi connectivity index (χ4v) is 3.81. The van der Waals surface area contributed by atoms with Gasteiger partial charge in [-0.2, -0.15) is 0 Å². The maximum absolute atomic E-state index is 12.6. The lowest BCUT2D eigenvalue weighted by atomic mass is 10.1. The highest BCUT2D eigenvalue weighted by Crippen LogP contribution is 2.20. The van der Waals surface area contributed by atoms with E-state index in [-0.39, 0.29) is 28.6 Å². The van der Waals surface area contributed by atoms with Crippen LogP contribution in [0.1, 0.15) is 15.9 Å². The number of aryl methyl sites for hydroxylation is 1. The van der Waals surface area contributed by atoms with Crippen molar-refractivity contribution in [1.29, 1.82) is 0 Å². The third-order valence-electron chi connectivity index (χ3n) is 4.12. The van der Waals surface area contributed by atoms with E-state index < -0.39 is 10.0 Å². The summed E-state index contributed by atoms with van der Waals surface area (Å²) in [5, 5.41) is 2.75. The number of sulfonamides is 1. The van der Waals surface area contributed by atoms with E-state index >= 15 is 0 Å². The molecule has 3 aromatic carbocycles. The van der Waals surface area contributed by atoms with E-state index in [9.17, 15) is 13.2 Å². The Morgan fingerprint density at radius 2 is 1.66 bits per heavy atom. The molecular weight excluding hydrogens is 388 g/mol. The zero-order valence-corrected chi connectivity index (χ0v) is 16.8. The molecule has 0 aliphatic rings. The minimum Gasteiger partial charge on any atom is -0.492 e. The Morgan fingerprint density at radius 1 is 0.931 bits per heavy atom. The van der Waals surface area contributed by atoms with Crippen LogP contribution in [0.3, 0.4) is 0 Å². The predicted molar refractivity (Wildman–Crippen MR) is 113 cm³/mol. The number of rotatable bonds is 8. The minimum atomic E-state index is -3.79. The molecule has 6 nitrogen and oxygen atoms in total. The SMILES string of the molecule is Cc1cccc(OCCNC(=O)c2ccccc2NS(=O)(=O)c2ccccc2)c1. The van der Waals surface area contributed by atoms with Crippen LogP contribution in [0.2, 0.25) is 0 Å². The van der Waals surface area contributed by atoms with E-state index in [2.05, 4.69) is 10.0 Å². The smallest absolute Gasteiger partial charge is 0.261 e. The molecule has 0 atom stereocenters. The second kappa shape index (κ2) is 9.25. The van der Waals surface area contributed by atoms with E-state index in [0.29, 0.717) is 6.61 Å². The fourth-order valence-electron chi connectivity index (χ4n) is 2.71. The first-order chi connectivity index (χ1) is 14.0. The van der Waals surface area contributed by atoms with E-state index in [4.69, 9.17) is 4.74 Å². The molecule has 150 valence electrons. The number of nitrogens with one attached hydrogen (secondary N) is 2. The molecule has 0 aromatic heterocycles. The Balaban J connectivity index is 1.63. The highest BCUT2D eigenvalue weighted by molar-refractivity contribution is 7.92. The predicted octanol–water partition coefficient (Wildman–Crippen LogP) is 3.60. The molecule has 0 heterocycles. The molecule has 3 rings (SSSR count). The average Bonchev–Trinajstić information content (AvgIpc) is 2.72. The molecule has 2 N–H and O–H groups in total. The topological polar surface area (TPSA) is 84.5 Å². The summed E-state index contributed by atoms with van der Waals surface area (Å²) in [5.41, 5.74) is 1.54. The standard InChI is InChI=1S/C22H22N2O4S/c1-17-8-7-9-18(16-17)28-15-14-23-22(25)20-12-5-6-13-21(20)24-29(26,27)19-10-3-2-4-11-19/h2-13,16,24H,14-15H2,1H3,(H,23,25). The Kier molecular flexibility index (Phi) is 6.51. The van der Waals surface area contributed by atoms with Gasteiger partial charge in [0, 0.05) is 0 Å². The molecule has 0 fully saturated rings. The van der Waals surface area contributed by atoms with Gasteiger partial charge in [0.1, 0.15) is 12.4 Å². The van der Waals surface area contributed by atoms with Crippen LogP contribution in [0.5, 0.6) is 5.75 Å². The summed E-state index contributed by atoms with van der Waals surface area (Å²) in [7, 11) is -3.79. The minimum absolute atomic E-state index is 0.127. The average molecular weight is 410 g/mol. The van der Waals surface area contributed by atoms with Crippen molar-refractivity contribution in [2.75, 3.05) is 17.9 Å². The van der Waals surface area contributed by atoms with Crippen LogP contribution in [0, 0.1) is 6.92 Å². The van der Waals surface area contributed by atoms with Gasteiger partial charge in [-0.1, -0.05) is 42.5 Å². The highest BCUT2D eigenvalue weighted by Gasteiger charge is 2.18. The Labute approximate surface area is 170 Å². The van der Waals surface area contributed by atoms with Gasteiger partial charge in [-0.15, -0.1) is 0 Å². The number of carbonyl (C=O) groups excluding carboxylic acids is 1. The molecule has 0 aliphatic heterocycles. The first-order valence-electron chi connectivity index (χ1n) is 9.10. The molecule has 1 amide bonds. The molecule has 0 aliphatic carbocycles. The van der Waals surface area contributed by atoms with Crippen LogP contribution in [0.15, 0.2) is 83.8 Å². The lowest BCUT2D eigenvalue weighted by Gasteiger charge is -2.13. The van der Waals surface area contributed by atoms with Crippen molar-refractivity contribution in [1.82, 2.24) is 5.32 Å². The highest BCUT2D eigenvalue weighted by atomic mass is 32.2. The Bertz CT molecular complexity index is 1080. The molecule has 0 bridgehead atoms. The number of carbonyl (C=O) groups is 1. The van der Waals surface area contributed by atoms with Crippen molar-refractivity contribution in [3.8, 4) is 5.75 Å². The van der Waals surface area contributed by atoms with Crippen LogP contribution in [-0.2, 0) is 10.0 Å². The summed E-state index contributed by atoms with van der Waals surface area (Å²) < 4.78 is 33.2. The van der Waals surface area contributed by atoms with Crippen LogP contribution in [-0.4, -0.2) is 27.5 Å². The zero-order chi connectivity index (χ0) is 20.7. The molecule has 0 saturated heterocycles. The van der Waals surface area contributed by atoms with Gasteiger partial charge >= 0.3 is 0 Å². The number of anilines is 1. The number of ether oxygens (including phenoxy) is 1. The van der Waals surface area contributed by atoms with Gasteiger partial charge < -0.3 is 10.1 Å². The summed E-state index contributed by atoms with van der Waals surface area (Å²) in [5.74, 6) is 0.347. The van der Waals surface area contributed by atoms with Crippen LogP contribution < -0.4 is 14.8 Å². The van der Waals surface area contributed by atoms with Crippen molar-refractivity contribution in [3.63, 3.8) is 0 Å². The maximum Gasteiger partial charge on any atom is 0.261 e. The number of para-hydroxylation sites is 1. The first-order valence-corrected chi connectivity index (χ1v) is 10.6. The first kappa shape index (κ1) is 20.4. The van der Waals surface area contributed by atoms with Gasteiger partial charge in [-0.25, -0.2) is 8.42 Å².